The predicted octanol–water partition coefficient (Wildman–Crippen LogP) is 2.88. The minimum Gasteiger partial charge on any atom is -0.482 e. The predicted molar refractivity (Wildman–Crippen MR) is 72.1 cm³/mol. The second-order valence-corrected chi connectivity index (χ2v) is 4.62. The molecule has 0 amide bonds. The molecule has 0 saturated carbocycles. The number of nitrogens with zero attached hydrogens (tertiary/aromatic N) is 2. The van der Waals surface area contributed by atoms with Crippen molar-refractivity contribution < 1.29 is 9.15 Å². The maximum absolute atomic E-state index is 6.12. The van der Waals surface area contributed by atoms with Crippen LogP contribution in [0, 0.1) is 0 Å². The van der Waals surface area contributed by atoms with E-state index < -0.39 is 0 Å². The van der Waals surface area contributed by atoms with E-state index in [9.17, 15) is 0 Å². The van der Waals surface area contributed by atoms with Crippen molar-refractivity contribution in [1.29, 1.82) is 0 Å². The van der Waals surface area contributed by atoms with Crippen LogP contribution in [0.5, 0.6) is 5.75 Å². The fourth-order valence-electron chi connectivity index (χ4n) is 1.55. The topological polar surface area (TPSA) is 74.2 Å². The lowest BCUT2D eigenvalue weighted by Gasteiger charge is -2.09. The van der Waals surface area contributed by atoms with E-state index in [0.29, 0.717) is 29.0 Å². The smallest absolute Gasteiger partial charge is 0.253 e. The summed E-state index contributed by atoms with van der Waals surface area (Å²) in [5.74, 6) is 1.60. The summed E-state index contributed by atoms with van der Waals surface area (Å²) in [6, 6.07) is 5.41. The minimum absolute atomic E-state index is 0.0606. The van der Waals surface area contributed by atoms with E-state index >= 15 is 0 Å². The van der Waals surface area contributed by atoms with Crippen LogP contribution in [-0.4, -0.2) is 10.2 Å². The molecule has 0 bridgehead atoms. The van der Waals surface area contributed by atoms with E-state index in [1.54, 1.807) is 12.1 Å². The van der Waals surface area contributed by atoms with Crippen molar-refractivity contribution in [3.05, 3.63) is 40.6 Å². The van der Waals surface area contributed by atoms with Gasteiger partial charge in [-0.15, -0.1) is 10.2 Å². The molecule has 2 N–H and O–H groups in total. The Morgan fingerprint density at radius 3 is 2.68 bits per heavy atom. The minimum atomic E-state index is -0.0606. The van der Waals surface area contributed by atoms with Gasteiger partial charge in [-0.1, -0.05) is 24.6 Å². The Hall–Kier alpha value is -1.59. The van der Waals surface area contributed by atoms with Gasteiger partial charge in [0.1, 0.15) is 5.75 Å². The number of nitrogens with two attached hydrogens (primary N) is 1. The molecule has 5 nitrogen and oxygen atoms in total. The van der Waals surface area contributed by atoms with Crippen molar-refractivity contribution in [3.63, 3.8) is 0 Å². The molecule has 0 spiro atoms. The fourth-order valence-corrected chi connectivity index (χ4v) is 1.79. The number of aryl methyl sites for hydroxylation is 1. The number of rotatable bonds is 5. The third-order valence-electron chi connectivity index (χ3n) is 2.64. The average Bonchev–Trinajstić information content (AvgIpc) is 2.85. The number of ether oxygens (including phenoxy) is 1. The summed E-state index contributed by atoms with van der Waals surface area (Å²) < 4.78 is 10.9. The van der Waals surface area contributed by atoms with Crippen LogP contribution in [0.3, 0.4) is 0 Å². The van der Waals surface area contributed by atoms with Gasteiger partial charge in [0.05, 0.1) is 5.02 Å². The first-order chi connectivity index (χ1) is 9.10. The number of hydrogen-bond acceptors (Lipinski definition) is 5. The highest BCUT2D eigenvalue weighted by molar-refractivity contribution is 6.32. The summed E-state index contributed by atoms with van der Waals surface area (Å²) in [6.07, 6.45) is 0.705. The Kier molecular flexibility index (Phi) is 4.39. The van der Waals surface area contributed by atoms with Crippen LogP contribution in [0.25, 0.3) is 0 Å². The summed E-state index contributed by atoms with van der Waals surface area (Å²) in [7, 11) is 0. The van der Waals surface area contributed by atoms with Gasteiger partial charge in [0, 0.05) is 12.5 Å². The summed E-state index contributed by atoms with van der Waals surface area (Å²) in [4.78, 5) is 0. The summed E-state index contributed by atoms with van der Waals surface area (Å²) in [5, 5.41) is 8.25. The quantitative estimate of drug-likeness (QED) is 0.912. The van der Waals surface area contributed by atoms with Crippen LogP contribution in [0.4, 0.5) is 0 Å². The van der Waals surface area contributed by atoms with E-state index in [4.69, 9.17) is 26.5 Å². The Bertz CT molecular complexity index is 555. The van der Waals surface area contributed by atoms with E-state index in [1.165, 1.54) is 0 Å². The Labute approximate surface area is 116 Å². The van der Waals surface area contributed by atoms with Gasteiger partial charge in [-0.25, -0.2) is 0 Å². The number of halogens is 1. The van der Waals surface area contributed by atoms with Gasteiger partial charge in [0.2, 0.25) is 5.89 Å². The normalized spacial score (nSPS) is 12.4. The van der Waals surface area contributed by atoms with Gasteiger partial charge in [0.15, 0.2) is 6.61 Å². The van der Waals surface area contributed by atoms with Crippen molar-refractivity contribution in [2.75, 3.05) is 0 Å². The lowest BCUT2D eigenvalue weighted by Crippen LogP contribution is -2.05. The Morgan fingerprint density at radius 2 is 2.11 bits per heavy atom. The molecule has 1 atom stereocenters. The average molecular weight is 282 g/mol. The third kappa shape index (κ3) is 3.45. The van der Waals surface area contributed by atoms with Gasteiger partial charge in [-0.2, -0.15) is 0 Å². The van der Waals surface area contributed by atoms with Crippen molar-refractivity contribution in [2.45, 2.75) is 32.9 Å². The number of benzene rings is 1. The van der Waals surface area contributed by atoms with Crippen LogP contribution < -0.4 is 10.5 Å². The van der Waals surface area contributed by atoms with E-state index in [1.807, 2.05) is 19.9 Å². The summed E-state index contributed by atoms with van der Waals surface area (Å²) >= 11 is 6.12. The van der Waals surface area contributed by atoms with Gasteiger partial charge in [0.25, 0.3) is 5.89 Å². The molecule has 0 aliphatic carbocycles. The molecule has 0 aliphatic rings. The Balaban J connectivity index is 2.03. The van der Waals surface area contributed by atoms with Crippen LogP contribution >= 0.6 is 11.6 Å². The van der Waals surface area contributed by atoms with Crippen LogP contribution in [0.2, 0.25) is 5.02 Å². The molecule has 102 valence electrons. The number of aromatic nitrogens is 2. The zero-order valence-electron chi connectivity index (χ0n) is 10.9. The molecule has 6 heteroatoms. The Morgan fingerprint density at radius 1 is 1.37 bits per heavy atom. The summed E-state index contributed by atoms with van der Waals surface area (Å²) in [6.45, 7) is 4.04. The SMILES string of the molecule is CCc1nnc(COc2ccc(C(C)N)cc2Cl)o1. The molecule has 19 heavy (non-hydrogen) atoms. The first-order valence-corrected chi connectivity index (χ1v) is 6.47. The monoisotopic (exact) mass is 281 g/mol. The van der Waals surface area contributed by atoms with Crippen molar-refractivity contribution in [3.8, 4) is 5.75 Å². The lowest BCUT2D eigenvalue weighted by atomic mass is 10.1. The summed E-state index contributed by atoms with van der Waals surface area (Å²) in [5.41, 5.74) is 6.74. The van der Waals surface area contributed by atoms with Crippen LogP contribution in [0.1, 0.15) is 37.2 Å². The molecule has 1 unspecified atom stereocenters. The van der Waals surface area contributed by atoms with E-state index in [0.717, 1.165) is 5.56 Å². The van der Waals surface area contributed by atoms with Crippen molar-refractivity contribution in [1.82, 2.24) is 10.2 Å². The maximum Gasteiger partial charge on any atom is 0.253 e. The highest BCUT2D eigenvalue weighted by Gasteiger charge is 2.09. The second-order valence-electron chi connectivity index (χ2n) is 4.21. The molecule has 0 aliphatic heterocycles. The first kappa shape index (κ1) is 13.8. The molecule has 0 saturated heterocycles. The number of hydrogen-bond donors (Lipinski definition) is 1. The molecule has 1 heterocycles. The van der Waals surface area contributed by atoms with Gasteiger partial charge < -0.3 is 14.9 Å². The lowest BCUT2D eigenvalue weighted by molar-refractivity contribution is 0.259. The van der Waals surface area contributed by atoms with E-state index in [2.05, 4.69) is 10.2 Å². The first-order valence-electron chi connectivity index (χ1n) is 6.09. The van der Waals surface area contributed by atoms with Crippen molar-refractivity contribution >= 4 is 11.6 Å². The molecule has 0 fully saturated rings. The largest absolute Gasteiger partial charge is 0.482 e. The van der Waals surface area contributed by atoms with E-state index in [-0.39, 0.29) is 12.6 Å². The third-order valence-corrected chi connectivity index (χ3v) is 2.94. The molecule has 2 aromatic rings. The van der Waals surface area contributed by atoms with Crippen LogP contribution in [0.15, 0.2) is 22.6 Å². The standard InChI is InChI=1S/C13H16ClN3O2/c1-3-12-16-17-13(19-12)7-18-11-5-4-9(8(2)15)6-10(11)14/h4-6,8H,3,7,15H2,1-2H3. The zero-order chi connectivity index (χ0) is 13.8. The molecule has 1 aromatic heterocycles. The van der Waals surface area contributed by atoms with Crippen LogP contribution in [-0.2, 0) is 13.0 Å². The molecular weight excluding hydrogens is 266 g/mol. The molecule has 0 radical (unpaired) electrons. The zero-order valence-corrected chi connectivity index (χ0v) is 11.6. The van der Waals surface area contributed by atoms with Gasteiger partial charge in [-0.05, 0) is 24.6 Å². The van der Waals surface area contributed by atoms with Gasteiger partial charge >= 0.3 is 0 Å². The second kappa shape index (κ2) is 6.04. The van der Waals surface area contributed by atoms with Gasteiger partial charge in [-0.3, -0.25) is 0 Å². The highest BCUT2D eigenvalue weighted by atomic mass is 35.5. The highest BCUT2D eigenvalue weighted by Crippen LogP contribution is 2.27. The maximum atomic E-state index is 6.12. The fraction of sp³-hybridized carbons (Fsp3) is 0.385. The molecule has 2 rings (SSSR count). The van der Waals surface area contributed by atoms with Crippen molar-refractivity contribution in [2.24, 2.45) is 5.73 Å². The molecule has 1 aromatic carbocycles. The molecular formula is C13H16ClN3O2.